The normalized spacial score (nSPS) is 12.0. The van der Waals surface area contributed by atoms with Gasteiger partial charge in [0.05, 0.1) is 5.75 Å². The van der Waals surface area contributed by atoms with Crippen LogP contribution in [0.1, 0.15) is 38.3 Å². The van der Waals surface area contributed by atoms with E-state index in [1.807, 2.05) is 20.8 Å². The van der Waals surface area contributed by atoms with Crippen LogP contribution in [0.15, 0.2) is 42.5 Å². The maximum absolute atomic E-state index is 14.0. The van der Waals surface area contributed by atoms with Gasteiger partial charge < -0.3 is 10.2 Å². The number of halogens is 3. The Morgan fingerprint density at radius 2 is 1.81 bits per heavy atom. The van der Waals surface area contributed by atoms with Crippen LogP contribution in [0.25, 0.3) is 0 Å². The molecular weight excluding hydrogens is 442 g/mol. The van der Waals surface area contributed by atoms with E-state index < -0.39 is 11.9 Å². The number of nitrogens with zero attached hydrogens (tertiary/aromatic N) is 1. The quantitative estimate of drug-likeness (QED) is 0.522. The molecule has 0 aliphatic heterocycles. The van der Waals surface area contributed by atoms with Crippen molar-refractivity contribution in [1.29, 1.82) is 0 Å². The van der Waals surface area contributed by atoms with Gasteiger partial charge in [0.2, 0.25) is 11.8 Å². The summed E-state index contributed by atoms with van der Waals surface area (Å²) < 4.78 is 27.3. The Balaban J connectivity index is 2.16. The topological polar surface area (TPSA) is 49.4 Å². The van der Waals surface area contributed by atoms with Crippen molar-refractivity contribution < 1.29 is 18.4 Å². The number of amides is 2. The predicted octanol–water partition coefficient (Wildman–Crippen LogP) is 5.18. The van der Waals surface area contributed by atoms with Gasteiger partial charge in [-0.2, -0.15) is 0 Å². The largest absolute Gasteiger partial charge is 0.352 e. The number of carbonyl (C=O) groups is 2. The third-order valence-corrected chi connectivity index (χ3v) is 5.91. The van der Waals surface area contributed by atoms with Crippen molar-refractivity contribution in [3.63, 3.8) is 0 Å². The summed E-state index contributed by atoms with van der Waals surface area (Å²) in [5.74, 6) is -1.00. The molecule has 0 bridgehead atoms. The van der Waals surface area contributed by atoms with Crippen LogP contribution in [0.2, 0.25) is 5.02 Å². The van der Waals surface area contributed by atoms with E-state index in [1.165, 1.54) is 40.9 Å². The van der Waals surface area contributed by atoms with E-state index in [9.17, 15) is 18.4 Å². The minimum absolute atomic E-state index is 0.0529. The second-order valence-corrected chi connectivity index (χ2v) is 8.82. The summed E-state index contributed by atoms with van der Waals surface area (Å²) in [5.41, 5.74) is 1.06. The molecular formula is C23H27ClF2N2O2S. The fourth-order valence-corrected chi connectivity index (χ4v) is 4.33. The molecule has 8 heteroatoms. The highest BCUT2D eigenvalue weighted by atomic mass is 35.5. The van der Waals surface area contributed by atoms with E-state index >= 15 is 0 Å². The van der Waals surface area contributed by atoms with Crippen molar-refractivity contribution in [3.8, 4) is 0 Å². The van der Waals surface area contributed by atoms with Gasteiger partial charge >= 0.3 is 0 Å². The van der Waals surface area contributed by atoms with E-state index in [0.29, 0.717) is 22.6 Å². The number of nitrogens with one attached hydrogen (secondary N) is 1. The van der Waals surface area contributed by atoms with Crippen LogP contribution in [0, 0.1) is 11.6 Å². The fraction of sp³-hybridized carbons (Fsp3) is 0.391. The lowest BCUT2D eigenvalue weighted by Crippen LogP contribution is -2.50. The molecule has 168 valence electrons. The van der Waals surface area contributed by atoms with Gasteiger partial charge in [0.25, 0.3) is 0 Å². The highest BCUT2D eigenvalue weighted by Crippen LogP contribution is 2.24. The molecule has 0 spiro atoms. The van der Waals surface area contributed by atoms with Crippen LogP contribution >= 0.6 is 23.4 Å². The Kier molecular flexibility index (Phi) is 9.78. The second kappa shape index (κ2) is 12.1. The number of hydrogen-bond acceptors (Lipinski definition) is 3. The molecule has 0 unspecified atom stereocenters. The fourth-order valence-electron chi connectivity index (χ4n) is 3.08. The molecule has 2 aromatic carbocycles. The van der Waals surface area contributed by atoms with Crippen molar-refractivity contribution in [2.75, 3.05) is 5.75 Å². The first-order chi connectivity index (χ1) is 14.7. The Bertz CT molecular complexity index is 873. The summed E-state index contributed by atoms with van der Waals surface area (Å²) in [4.78, 5) is 27.3. The lowest BCUT2D eigenvalue weighted by Gasteiger charge is -2.31. The van der Waals surface area contributed by atoms with Crippen molar-refractivity contribution in [3.05, 3.63) is 70.2 Å². The SMILES string of the molecule is CC[C@H](C(=O)NC(C)C)N(Cc1ccc(F)cc1)C(=O)CSCc1c(F)cccc1Cl. The molecule has 0 aliphatic rings. The molecule has 0 aromatic heterocycles. The maximum Gasteiger partial charge on any atom is 0.243 e. The second-order valence-electron chi connectivity index (χ2n) is 7.43. The highest BCUT2D eigenvalue weighted by molar-refractivity contribution is 7.99. The standard InChI is InChI=1S/C23H27ClF2N2O2S/c1-4-21(23(30)27-15(2)3)28(12-16-8-10-17(25)11-9-16)22(29)14-31-13-18-19(24)6-5-7-20(18)26/h5-11,15,21H,4,12-14H2,1-3H3,(H,27,30)/t21-/m1/s1. The Hall–Kier alpha value is -2.12. The molecule has 0 heterocycles. The monoisotopic (exact) mass is 468 g/mol. The average Bonchev–Trinajstić information content (AvgIpc) is 2.70. The van der Waals surface area contributed by atoms with Gasteiger partial charge in [-0.15, -0.1) is 11.8 Å². The molecule has 0 aliphatic carbocycles. The van der Waals surface area contributed by atoms with Crippen molar-refractivity contribution in [2.45, 2.75) is 51.6 Å². The molecule has 0 radical (unpaired) electrons. The Morgan fingerprint density at radius 3 is 2.39 bits per heavy atom. The van der Waals surface area contributed by atoms with Crippen LogP contribution in [-0.4, -0.2) is 34.6 Å². The summed E-state index contributed by atoms with van der Waals surface area (Å²) in [6.07, 6.45) is 0.426. The van der Waals surface area contributed by atoms with Crippen molar-refractivity contribution >= 4 is 35.2 Å². The zero-order valence-electron chi connectivity index (χ0n) is 17.8. The zero-order chi connectivity index (χ0) is 23.0. The summed E-state index contributed by atoms with van der Waals surface area (Å²) >= 11 is 7.29. The average molecular weight is 469 g/mol. The lowest BCUT2D eigenvalue weighted by molar-refractivity contribution is -0.139. The van der Waals surface area contributed by atoms with Gasteiger partial charge in [-0.05, 0) is 50.1 Å². The van der Waals surface area contributed by atoms with E-state index in [2.05, 4.69) is 5.32 Å². The van der Waals surface area contributed by atoms with Gasteiger partial charge in [0.15, 0.2) is 0 Å². The first-order valence-corrected chi connectivity index (χ1v) is 11.6. The minimum atomic E-state index is -0.669. The van der Waals surface area contributed by atoms with Crippen LogP contribution < -0.4 is 5.32 Å². The van der Waals surface area contributed by atoms with Gasteiger partial charge in [0, 0.05) is 28.9 Å². The molecule has 31 heavy (non-hydrogen) atoms. The zero-order valence-corrected chi connectivity index (χ0v) is 19.4. The first-order valence-electron chi connectivity index (χ1n) is 10.1. The number of benzene rings is 2. The van der Waals surface area contributed by atoms with E-state index in [-0.39, 0.29) is 41.7 Å². The Labute approximate surface area is 191 Å². The molecule has 2 aromatic rings. The van der Waals surface area contributed by atoms with E-state index in [1.54, 1.807) is 18.2 Å². The van der Waals surface area contributed by atoms with Gasteiger partial charge in [-0.1, -0.05) is 36.7 Å². The van der Waals surface area contributed by atoms with E-state index in [4.69, 9.17) is 11.6 Å². The summed E-state index contributed by atoms with van der Waals surface area (Å²) in [6, 6.07) is 9.55. The summed E-state index contributed by atoms with van der Waals surface area (Å²) in [7, 11) is 0. The van der Waals surface area contributed by atoms with E-state index in [0.717, 1.165) is 0 Å². The summed E-state index contributed by atoms with van der Waals surface area (Å²) in [6.45, 7) is 5.71. The lowest BCUT2D eigenvalue weighted by atomic mass is 10.1. The van der Waals surface area contributed by atoms with Gasteiger partial charge in [0.1, 0.15) is 17.7 Å². The molecule has 2 rings (SSSR count). The number of thioether (sulfide) groups is 1. The van der Waals surface area contributed by atoms with Gasteiger partial charge in [-0.25, -0.2) is 8.78 Å². The Morgan fingerprint density at radius 1 is 1.13 bits per heavy atom. The minimum Gasteiger partial charge on any atom is -0.352 e. The van der Waals surface area contributed by atoms with Gasteiger partial charge in [-0.3, -0.25) is 9.59 Å². The maximum atomic E-state index is 14.0. The number of hydrogen-bond donors (Lipinski definition) is 1. The predicted molar refractivity (Wildman–Crippen MR) is 122 cm³/mol. The van der Waals surface area contributed by atoms with Crippen LogP contribution in [0.4, 0.5) is 8.78 Å². The highest BCUT2D eigenvalue weighted by Gasteiger charge is 2.29. The van der Waals surface area contributed by atoms with Crippen LogP contribution in [0.5, 0.6) is 0 Å². The molecule has 1 atom stereocenters. The van der Waals surface area contributed by atoms with Crippen molar-refractivity contribution in [1.82, 2.24) is 10.2 Å². The molecule has 4 nitrogen and oxygen atoms in total. The number of carbonyl (C=O) groups excluding carboxylic acids is 2. The molecule has 0 saturated carbocycles. The third kappa shape index (κ3) is 7.51. The van der Waals surface area contributed by atoms with Crippen LogP contribution in [0.3, 0.4) is 0 Å². The third-order valence-electron chi connectivity index (χ3n) is 4.62. The number of rotatable bonds is 10. The van der Waals surface area contributed by atoms with Crippen LogP contribution in [-0.2, 0) is 21.9 Å². The smallest absolute Gasteiger partial charge is 0.243 e. The van der Waals surface area contributed by atoms with Crippen molar-refractivity contribution in [2.24, 2.45) is 0 Å². The molecule has 2 amide bonds. The molecule has 0 fully saturated rings. The molecule has 1 N–H and O–H groups in total. The summed E-state index contributed by atoms with van der Waals surface area (Å²) in [5, 5.41) is 3.17. The molecule has 0 saturated heterocycles. The first kappa shape index (κ1) is 25.1.